The fourth-order valence-electron chi connectivity index (χ4n) is 4.07. The van der Waals surface area contributed by atoms with Gasteiger partial charge in [-0.15, -0.1) is 0 Å². The molecule has 0 bridgehead atoms. The summed E-state index contributed by atoms with van der Waals surface area (Å²) in [5, 5.41) is 13.1. The summed E-state index contributed by atoms with van der Waals surface area (Å²) in [7, 11) is 2.27. The van der Waals surface area contributed by atoms with Crippen molar-refractivity contribution < 1.29 is 5.11 Å². The van der Waals surface area contributed by atoms with Crippen LogP contribution in [0.4, 0.5) is 0 Å². The number of aliphatic hydroxyl groups is 1. The molecule has 20 heavy (non-hydrogen) atoms. The molecule has 3 heteroatoms. The number of hydrogen-bond acceptors (Lipinski definition) is 3. The molecule has 118 valence electrons. The first kappa shape index (κ1) is 16.3. The predicted molar refractivity (Wildman–Crippen MR) is 84.8 cm³/mol. The van der Waals surface area contributed by atoms with Gasteiger partial charge in [-0.1, -0.05) is 26.7 Å². The van der Waals surface area contributed by atoms with Gasteiger partial charge in [0.2, 0.25) is 0 Å². The van der Waals surface area contributed by atoms with Gasteiger partial charge in [0.05, 0.1) is 6.10 Å². The number of nitrogens with one attached hydrogen (secondary N) is 1. The zero-order valence-electron chi connectivity index (χ0n) is 13.7. The summed E-state index contributed by atoms with van der Waals surface area (Å²) in [5.41, 5.74) is 0.506. The number of aliphatic hydroxyl groups excluding tert-OH is 1. The van der Waals surface area contributed by atoms with Crippen molar-refractivity contribution >= 4 is 0 Å². The summed E-state index contributed by atoms with van der Waals surface area (Å²) in [6.07, 6.45) is 7.59. The van der Waals surface area contributed by atoms with Gasteiger partial charge in [-0.05, 0) is 56.5 Å². The lowest BCUT2D eigenvalue weighted by atomic mass is 9.81. The van der Waals surface area contributed by atoms with Crippen LogP contribution in [0.25, 0.3) is 0 Å². The van der Waals surface area contributed by atoms with Crippen molar-refractivity contribution in [3.8, 4) is 0 Å². The third-order valence-corrected chi connectivity index (χ3v) is 5.10. The first-order valence-electron chi connectivity index (χ1n) is 8.56. The van der Waals surface area contributed by atoms with Crippen LogP contribution in [0.1, 0.15) is 52.4 Å². The van der Waals surface area contributed by atoms with Crippen LogP contribution < -0.4 is 5.32 Å². The molecular weight excluding hydrogens is 248 g/mol. The Morgan fingerprint density at radius 3 is 2.45 bits per heavy atom. The van der Waals surface area contributed by atoms with Crippen LogP contribution in [-0.2, 0) is 0 Å². The van der Waals surface area contributed by atoms with Gasteiger partial charge < -0.3 is 15.3 Å². The van der Waals surface area contributed by atoms with Gasteiger partial charge in [0.25, 0.3) is 0 Å². The Bertz CT molecular complexity index is 281. The van der Waals surface area contributed by atoms with E-state index in [4.69, 9.17) is 0 Å². The van der Waals surface area contributed by atoms with Gasteiger partial charge >= 0.3 is 0 Å². The van der Waals surface area contributed by atoms with E-state index in [0.29, 0.717) is 5.41 Å². The van der Waals surface area contributed by atoms with E-state index < -0.39 is 0 Å². The summed E-state index contributed by atoms with van der Waals surface area (Å²) in [5.74, 6) is 1.47. The molecule has 2 fully saturated rings. The molecule has 2 saturated carbocycles. The molecule has 0 radical (unpaired) electrons. The lowest BCUT2D eigenvalue weighted by Gasteiger charge is -2.39. The zero-order chi connectivity index (χ0) is 14.6. The van der Waals surface area contributed by atoms with Gasteiger partial charge in [0.15, 0.2) is 0 Å². The maximum absolute atomic E-state index is 9.41. The molecule has 2 aliphatic rings. The maximum Gasteiger partial charge on any atom is 0.0546 e. The maximum atomic E-state index is 9.41. The Balaban J connectivity index is 1.75. The molecule has 2 aliphatic carbocycles. The summed E-state index contributed by atoms with van der Waals surface area (Å²) < 4.78 is 0. The average molecular weight is 282 g/mol. The Morgan fingerprint density at radius 1 is 1.25 bits per heavy atom. The smallest absolute Gasteiger partial charge is 0.0546 e. The Morgan fingerprint density at radius 2 is 1.90 bits per heavy atom. The van der Waals surface area contributed by atoms with Gasteiger partial charge in [0.1, 0.15) is 0 Å². The minimum Gasteiger partial charge on any atom is -0.393 e. The SMILES string of the molecule is CC(C)CNCC1(CN(C)CC2CC(O)C2)CCCC1. The summed E-state index contributed by atoms with van der Waals surface area (Å²) in [6, 6.07) is 0. The predicted octanol–water partition coefficient (Wildman–Crippen LogP) is 2.50. The molecule has 0 amide bonds. The monoisotopic (exact) mass is 282 g/mol. The van der Waals surface area contributed by atoms with E-state index in [1.54, 1.807) is 0 Å². The largest absolute Gasteiger partial charge is 0.393 e. The van der Waals surface area contributed by atoms with Crippen LogP contribution in [-0.4, -0.2) is 49.3 Å². The Hall–Kier alpha value is -0.120. The van der Waals surface area contributed by atoms with Crippen molar-refractivity contribution in [3.63, 3.8) is 0 Å². The zero-order valence-corrected chi connectivity index (χ0v) is 13.7. The highest BCUT2D eigenvalue weighted by molar-refractivity contribution is 4.90. The third-order valence-electron chi connectivity index (χ3n) is 5.10. The lowest BCUT2D eigenvalue weighted by molar-refractivity contribution is 0.0218. The van der Waals surface area contributed by atoms with Crippen molar-refractivity contribution in [1.82, 2.24) is 10.2 Å². The van der Waals surface area contributed by atoms with Gasteiger partial charge in [-0.25, -0.2) is 0 Å². The fraction of sp³-hybridized carbons (Fsp3) is 1.00. The first-order valence-corrected chi connectivity index (χ1v) is 8.56. The number of hydrogen-bond donors (Lipinski definition) is 2. The minimum absolute atomic E-state index is 0.0125. The average Bonchev–Trinajstić information content (AvgIpc) is 2.75. The fourth-order valence-corrected chi connectivity index (χ4v) is 4.07. The lowest BCUT2D eigenvalue weighted by Crippen LogP contribution is -2.45. The molecule has 3 nitrogen and oxygen atoms in total. The standard InChI is InChI=1S/C17H34N2O/c1-14(2)10-18-12-17(6-4-5-7-17)13-19(3)11-15-8-16(20)9-15/h14-16,18,20H,4-13H2,1-3H3. The molecular formula is C17H34N2O. The molecule has 2 rings (SSSR count). The third kappa shape index (κ3) is 4.71. The van der Waals surface area contributed by atoms with E-state index >= 15 is 0 Å². The van der Waals surface area contributed by atoms with E-state index in [9.17, 15) is 5.11 Å². The second kappa shape index (κ2) is 7.24. The van der Waals surface area contributed by atoms with Crippen molar-refractivity contribution in [3.05, 3.63) is 0 Å². The van der Waals surface area contributed by atoms with Crippen LogP contribution >= 0.6 is 0 Å². The molecule has 0 atom stereocenters. The second-order valence-corrected chi connectivity index (χ2v) is 7.92. The van der Waals surface area contributed by atoms with Crippen LogP contribution in [0, 0.1) is 17.3 Å². The van der Waals surface area contributed by atoms with Crippen molar-refractivity contribution in [2.75, 3.05) is 33.2 Å². The highest BCUT2D eigenvalue weighted by atomic mass is 16.3. The molecule has 0 saturated heterocycles. The molecule has 0 aromatic heterocycles. The number of nitrogens with zero attached hydrogens (tertiary/aromatic N) is 1. The Labute approximate surface area is 125 Å². The normalized spacial score (nSPS) is 29.1. The van der Waals surface area contributed by atoms with Gasteiger partial charge in [-0.2, -0.15) is 0 Å². The minimum atomic E-state index is -0.0125. The van der Waals surface area contributed by atoms with Crippen LogP contribution in [0.15, 0.2) is 0 Å². The van der Waals surface area contributed by atoms with Crippen molar-refractivity contribution in [2.24, 2.45) is 17.3 Å². The highest BCUT2D eigenvalue weighted by Crippen LogP contribution is 2.38. The topological polar surface area (TPSA) is 35.5 Å². The van der Waals surface area contributed by atoms with Crippen molar-refractivity contribution in [2.45, 2.75) is 58.5 Å². The van der Waals surface area contributed by atoms with Gasteiger partial charge in [0, 0.05) is 19.6 Å². The highest BCUT2D eigenvalue weighted by Gasteiger charge is 2.36. The summed E-state index contributed by atoms with van der Waals surface area (Å²) in [6.45, 7) is 9.28. The molecule has 0 spiro atoms. The van der Waals surface area contributed by atoms with E-state index in [0.717, 1.165) is 31.2 Å². The van der Waals surface area contributed by atoms with Crippen LogP contribution in [0.5, 0.6) is 0 Å². The Kier molecular flexibility index (Phi) is 5.88. The van der Waals surface area contributed by atoms with Crippen LogP contribution in [0.2, 0.25) is 0 Å². The molecule has 2 N–H and O–H groups in total. The van der Waals surface area contributed by atoms with E-state index in [1.165, 1.54) is 45.3 Å². The van der Waals surface area contributed by atoms with E-state index in [2.05, 4.69) is 31.1 Å². The second-order valence-electron chi connectivity index (χ2n) is 7.92. The molecule has 0 unspecified atom stereocenters. The quantitative estimate of drug-likeness (QED) is 0.718. The van der Waals surface area contributed by atoms with Crippen molar-refractivity contribution in [1.29, 1.82) is 0 Å². The molecule has 0 aromatic carbocycles. The first-order chi connectivity index (χ1) is 9.49. The molecule has 0 heterocycles. The number of rotatable bonds is 8. The molecule has 0 aromatic rings. The van der Waals surface area contributed by atoms with Gasteiger partial charge in [-0.3, -0.25) is 0 Å². The summed E-state index contributed by atoms with van der Waals surface area (Å²) >= 11 is 0. The summed E-state index contributed by atoms with van der Waals surface area (Å²) in [4.78, 5) is 2.53. The van der Waals surface area contributed by atoms with E-state index in [1.807, 2.05) is 0 Å². The van der Waals surface area contributed by atoms with Crippen LogP contribution in [0.3, 0.4) is 0 Å². The molecule has 0 aliphatic heterocycles. The van der Waals surface area contributed by atoms with E-state index in [-0.39, 0.29) is 6.10 Å².